The molecule has 2 nitrogen and oxygen atoms in total. The standard InChI is InChI=1S/C45H32NOP/c1-45(2)38-27-30(29-13-5-3-6-14-29)21-23-33(38)34-24-22-31(28-39(34)45)46-40-19-11-9-17-35(40)36-25-26-42-43(44(36)46)37-18-10-12-20-41(37)48(42,47)32-15-7-4-8-16-32/h3-28H,1-2H3. The van der Waals surface area contributed by atoms with Gasteiger partial charge in [-0.05, 0) is 69.3 Å². The van der Waals surface area contributed by atoms with E-state index in [0.29, 0.717) is 0 Å². The number of hydrogen-bond acceptors (Lipinski definition) is 1. The molecule has 48 heavy (non-hydrogen) atoms. The molecule has 228 valence electrons. The fraction of sp³-hybridized carbons (Fsp3) is 0.0667. The molecule has 2 aliphatic rings. The summed E-state index contributed by atoms with van der Waals surface area (Å²) in [5.41, 5.74) is 13.1. The predicted molar refractivity (Wildman–Crippen MR) is 202 cm³/mol. The average molecular weight is 634 g/mol. The quantitative estimate of drug-likeness (QED) is 0.178. The van der Waals surface area contributed by atoms with Crippen LogP contribution >= 0.6 is 7.14 Å². The van der Waals surface area contributed by atoms with E-state index in [4.69, 9.17) is 0 Å². The van der Waals surface area contributed by atoms with Crippen molar-refractivity contribution >= 4 is 44.9 Å². The summed E-state index contributed by atoms with van der Waals surface area (Å²) >= 11 is 0. The van der Waals surface area contributed by atoms with Crippen LogP contribution in [0.3, 0.4) is 0 Å². The van der Waals surface area contributed by atoms with Gasteiger partial charge in [0.15, 0.2) is 7.14 Å². The van der Waals surface area contributed by atoms with Gasteiger partial charge in [0.2, 0.25) is 0 Å². The van der Waals surface area contributed by atoms with Crippen LogP contribution in [0, 0.1) is 0 Å². The fourth-order valence-corrected chi connectivity index (χ4v) is 11.6. The Morgan fingerprint density at radius 2 is 1.19 bits per heavy atom. The van der Waals surface area contributed by atoms with Crippen LogP contribution in [-0.2, 0) is 9.98 Å². The van der Waals surface area contributed by atoms with Gasteiger partial charge in [-0.15, -0.1) is 0 Å². The van der Waals surface area contributed by atoms with Crippen molar-refractivity contribution in [2.45, 2.75) is 19.3 Å². The van der Waals surface area contributed by atoms with E-state index in [2.05, 4.69) is 140 Å². The maximum Gasteiger partial charge on any atom is 0.172 e. The predicted octanol–water partition coefficient (Wildman–Crippen LogP) is 10.4. The highest BCUT2D eigenvalue weighted by Crippen LogP contribution is 2.55. The molecule has 1 unspecified atom stereocenters. The van der Waals surface area contributed by atoms with Crippen molar-refractivity contribution in [3.05, 3.63) is 169 Å². The van der Waals surface area contributed by atoms with E-state index in [9.17, 15) is 0 Å². The van der Waals surface area contributed by atoms with Crippen LogP contribution in [-0.4, -0.2) is 4.57 Å². The zero-order chi connectivity index (χ0) is 32.2. The maximum atomic E-state index is 15.5. The summed E-state index contributed by atoms with van der Waals surface area (Å²) in [6.45, 7) is 4.71. The molecular formula is C45H32NOP. The Morgan fingerprint density at radius 3 is 2.00 bits per heavy atom. The fourth-order valence-electron chi connectivity index (χ4n) is 8.52. The third-order valence-corrected chi connectivity index (χ3v) is 14.0. The number of fused-ring (bicyclic) bond motifs is 10. The number of hydrogen-bond donors (Lipinski definition) is 0. The molecule has 0 fully saturated rings. The van der Waals surface area contributed by atoms with Crippen molar-refractivity contribution in [2.24, 2.45) is 0 Å². The number of aromatic nitrogens is 1. The Morgan fingerprint density at radius 1 is 0.521 bits per heavy atom. The minimum atomic E-state index is -3.08. The topological polar surface area (TPSA) is 22.0 Å². The van der Waals surface area contributed by atoms with Crippen LogP contribution in [0.15, 0.2) is 158 Å². The normalized spacial score (nSPS) is 16.9. The molecule has 0 spiro atoms. The number of benzene rings is 7. The molecule has 0 amide bonds. The van der Waals surface area contributed by atoms with Crippen molar-refractivity contribution in [3.63, 3.8) is 0 Å². The van der Waals surface area contributed by atoms with Gasteiger partial charge in [-0.2, -0.15) is 0 Å². The zero-order valence-corrected chi connectivity index (χ0v) is 27.7. The van der Waals surface area contributed by atoms with E-state index in [1.54, 1.807) is 0 Å². The van der Waals surface area contributed by atoms with Gasteiger partial charge >= 0.3 is 0 Å². The molecule has 0 N–H and O–H groups in total. The number of nitrogens with zero attached hydrogens (tertiary/aromatic N) is 1. The van der Waals surface area contributed by atoms with Crippen LogP contribution in [0.4, 0.5) is 0 Å². The molecular weight excluding hydrogens is 601 g/mol. The van der Waals surface area contributed by atoms with Gasteiger partial charge in [0.25, 0.3) is 0 Å². The van der Waals surface area contributed by atoms with Crippen molar-refractivity contribution in [2.75, 3.05) is 0 Å². The molecule has 2 heterocycles. The summed E-state index contributed by atoms with van der Waals surface area (Å²) in [7, 11) is -3.08. The van der Waals surface area contributed by atoms with Crippen molar-refractivity contribution < 1.29 is 4.57 Å². The molecule has 1 aliphatic carbocycles. The summed E-state index contributed by atoms with van der Waals surface area (Å²) in [5.74, 6) is 0. The molecule has 0 saturated heterocycles. The van der Waals surface area contributed by atoms with Crippen molar-refractivity contribution in [3.8, 4) is 39.1 Å². The van der Waals surface area contributed by atoms with Crippen LogP contribution in [0.1, 0.15) is 25.0 Å². The Labute approximate surface area is 280 Å². The van der Waals surface area contributed by atoms with E-state index in [1.807, 2.05) is 36.4 Å². The zero-order valence-electron chi connectivity index (χ0n) is 26.8. The lowest BCUT2D eigenvalue weighted by Gasteiger charge is -2.23. The third kappa shape index (κ3) is 3.56. The van der Waals surface area contributed by atoms with Crippen molar-refractivity contribution in [1.82, 2.24) is 4.57 Å². The Bertz CT molecular complexity index is 2670. The van der Waals surface area contributed by atoms with E-state index < -0.39 is 7.14 Å². The first-order chi connectivity index (χ1) is 23.5. The summed E-state index contributed by atoms with van der Waals surface area (Å²) in [6, 6.07) is 56.0. The molecule has 3 heteroatoms. The molecule has 10 rings (SSSR count). The lowest BCUT2D eigenvalue weighted by Crippen LogP contribution is -2.20. The summed E-state index contributed by atoms with van der Waals surface area (Å²) in [5, 5.41) is 5.11. The first-order valence-electron chi connectivity index (χ1n) is 16.6. The lowest BCUT2D eigenvalue weighted by atomic mass is 9.81. The van der Waals surface area contributed by atoms with Crippen molar-refractivity contribution in [1.29, 1.82) is 0 Å². The summed E-state index contributed by atoms with van der Waals surface area (Å²) < 4.78 is 17.9. The highest BCUT2D eigenvalue weighted by atomic mass is 31.2. The van der Waals surface area contributed by atoms with E-state index >= 15 is 4.57 Å². The second-order valence-corrected chi connectivity index (χ2v) is 16.4. The molecule has 7 aromatic carbocycles. The number of rotatable bonds is 3. The average Bonchev–Trinajstić information content (AvgIpc) is 3.70. The largest absolute Gasteiger partial charge is 0.309 e. The molecule has 0 bridgehead atoms. The number of para-hydroxylation sites is 1. The second-order valence-electron chi connectivity index (χ2n) is 13.7. The molecule has 0 saturated carbocycles. The monoisotopic (exact) mass is 633 g/mol. The summed E-state index contributed by atoms with van der Waals surface area (Å²) in [6.07, 6.45) is 0. The van der Waals surface area contributed by atoms with Gasteiger partial charge in [-0.1, -0.05) is 141 Å². The van der Waals surface area contributed by atoms with Crippen LogP contribution < -0.4 is 15.9 Å². The van der Waals surface area contributed by atoms with E-state index in [1.165, 1.54) is 44.2 Å². The Kier molecular flexibility index (Phi) is 5.65. The van der Waals surface area contributed by atoms with Gasteiger partial charge in [-0.25, -0.2) is 0 Å². The lowest BCUT2D eigenvalue weighted by molar-refractivity contribution is 0.593. The van der Waals surface area contributed by atoms with Crippen LogP contribution in [0.5, 0.6) is 0 Å². The second kappa shape index (κ2) is 9.80. The highest BCUT2D eigenvalue weighted by Gasteiger charge is 2.42. The van der Waals surface area contributed by atoms with Gasteiger partial charge in [0, 0.05) is 43.4 Å². The molecule has 1 atom stereocenters. The van der Waals surface area contributed by atoms with Gasteiger partial charge in [0.05, 0.1) is 11.0 Å². The maximum absolute atomic E-state index is 15.5. The van der Waals surface area contributed by atoms with Gasteiger partial charge in [0.1, 0.15) is 0 Å². The van der Waals surface area contributed by atoms with Crippen LogP contribution in [0.2, 0.25) is 0 Å². The molecule has 0 radical (unpaired) electrons. The highest BCUT2D eigenvalue weighted by molar-refractivity contribution is 7.86. The molecule has 1 aliphatic heterocycles. The van der Waals surface area contributed by atoms with Crippen LogP contribution in [0.25, 0.3) is 60.9 Å². The van der Waals surface area contributed by atoms with Gasteiger partial charge in [-0.3, -0.25) is 0 Å². The SMILES string of the molecule is CC1(C)c2cc(-c3ccccc3)ccc2-c2ccc(-n3c4ccccc4c4ccc5c(c43)-c3ccccc3P5(=O)c3ccccc3)cc21. The Hall–Kier alpha value is -5.43. The first-order valence-corrected chi connectivity index (χ1v) is 18.3. The minimum Gasteiger partial charge on any atom is -0.309 e. The Balaban J connectivity index is 1.24. The molecule has 8 aromatic rings. The van der Waals surface area contributed by atoms with Gasteiger partial charge < -0.3 is 9.13 Å². The molecule has 1 aromatic heterocycles. The van der Waals surface area contributed by atoms with E-state index in [-0.39, 0.29) is 5.41 Å². The minimum absolute atomic E-state index is 0.179. The van der Waals surface area contributed by atoms with E-state index in [0.717, 1.165) is 43.8 Å². The first kappa shape index (κ1) is 27.7. The smallest absolute Gasteiger partial charge is 0.172 e. The third-order valence-electron chi connectivity index (χ3n) is 10.8. The summed E-state index contributed by atoms with van der Waals surface area (Å²) in [4.78, 5) is 0.